The van der Waals surface area contributed by atoms with Gasteiger partial charge in [0.1, 0.15) is 6.10 Å². The average Bonchev–Trinajstić information content (AvgIpc) is 2.54. The number of allylic oxidation sites excluding steroid dienone is 3. The molecule has 0 aromatic heterocycles. The normalized spacial score (nSPS) is 32.2. The van der Waals surface area contributed by atoms with E-state index in [1.165, 1.54) is 12.2 Å². The van der Waals surface area contributed by atoms with Crippen molar-refractivity contribution in [3.8, 4) is 0 Å². The maximum Gasteiger partial charge on any atom is 0.262 e. The summed E-state index contributed by atoms with van der Waals surface area (Å²) in [6, 6.07) is 0. The number of hydrogen-bond acceptors (Lipinski definition) is 5. The maximum atomic E-state index is 12.3. The van der Waals surface area contributed by atoms with Gasteiger partial charge in [0.2, 0.25) is 5.78 Å². The van der Waals surface area contributed by atoms with Gasteiger partial charge >= 0.3 is 0 Å². The molecule has 0 spiro atoms. The van der Waals surface area contributed by atoms with Crippen LogP contribution in [0, 0.1) is 11.3 Å². The molecule has 120 valence electrons. The zero-order valence-electron chi connectivity index (χ0n) is 13.0. The van der Waals surface area contributed by atoms with Crippen molar-refractivity contribution in [1.82, 2.24) is 0 Å². The van der Waals surface area contributed by atoms with Crippen molar-refractivity contribution in [3.05, 3.63) is 23.5 Å². The Balaban J connectivity index is 2.60. The van der Waals surface area contributed by atoms with Crippen molar-refractivity contribution in [1.29, 1.82) is 0 Å². The maximum absolute atomic E-state index is 12.3. The quantitative estimate of drug-likeness (QED) is 0.776. The van der Waals surface area contributed by atoms with Crippen LogP contribution in [0.25, 0.3) is 0 Å². The van der Waals surface area contributed by atoms with Crippen LogP contribution in [-0.4, -0.2) is 33.7 Å². The zero-order valence-corrected chi connectivity index (χ0v) is 13.0. The number of rotatable bonds is 4. The molecule has 2 N–H and O–H groups in total. The van der Waals surface area contributed by atoms with E-state index in [1.807, 2.05) is 13.8 Å². The van der Waals surface area contributed by atoms with E-state index < -0.39 is 40.5 Å². The average molecular weight is 306 g/mol. The lowest BCUT2D eigenvalue weighted by atomic mass is 9.62. The Morgan fingerprint density at radius 3 is 2.50 bits per heavy atom. The Kier molecular flexibility index (Phi) is 4.66. The summed E-state index contributed by atoms with van der Waals surface area (Å²) < 4.78 is 0. The minimum atomic E-state index is -1.53. The molecule has 5 heteroatoms. The summed E-state index contributed by atoms with van der Waals surface area (Å²) in [5.41, 5.74) is -0.00940. The van der Waals surface area contributed by atoms with Crippen LogP contribution in [0.5, 0.6) is 0 Å². The Labute approximate surface area is 129 Å². The van der Waals surface area contributed by atoms with E-state index in [-0.39, 0.29) is 0 Å². The number of carbonyl (C=O) groups is 3. The van der Waals surface area contributed by atoms with Crippen LogP contribution in [0.4, 0.5) is 0 Å². The van der Waals surface area contributed by atoms with Crippen LogP contribution < -0.4 is 0 Å². The lowest BCUT2D eigenvalue weighted by molar-refractivity contribution is -0.148. The molecule has 0 heterocycles. The molecule has 5 nitrogen and oxygen atoms in total. The van der Waals surface area contributed by atoms with Gasteiger partial charge in [-0.2, -0.15) is 0 Å². The highest BCUT2D eigenvalue weighted by Crippen LogP contribution is 2.48. The molecule has 3 atom stereocenters. The third kappa shape index (κ3) is 2.65. The van der Waals surface area contributed by atoms with E-state index in [0.717, 1.165) is 12.0 Å². The molecule has 3 unspecified atom stereocenters. The Bertz CT molecular complexity index is 572. The Morgan fingerprint density at radius 1 is 1.23 bits per heavy atom. The summed E-state index contributed by atoms with van der Waals surface area (Å²) in [5, 5.41) is 20.2. The summed E-state index contributed by atoms with van der Waals surface area (Å²) >= 11 is 0. The predicted octanol–water partition coefficient (Wildman–Crippen LogP) is 2.04. The molecular weight excluding hydrogens is 284 g/mol. The minimum absolute atomic E-state index is 0.408. The highest BCUT2D eigenvalue weighted by Gasteiger charge is 2.53. The first-order valence-corrected chi connectivity index (χ1v) is 7.78. The van der Waals surface area contributed by atoms with Crippen LogP contribution >= 0.6 is 0 Å². The van der Waals surface area contributed by atoms with Gasteiger partial charge < -0.3 is 10.2 Å². The molecule has 2 rings (SSSR count). The molecular formula is C17H22O5. The molecule has 22 heavy (non-hydrogen) atoms. The molecule has 0 radical (unpaired) electrons. The van der Waals surface area contributed by atoms with Gasteiger partial charge in [-0.1, -0.05) is 32.3 Å². The number of Topliss-reactive ketones (excluding diaryl/α,β-unsaturated/α-hetero) is 2. The van der Waals surface area contributed by atoms with Gasteiger partial charge in [-0.3, -0.25) is 14.4 Å². The molecule has 0 saturated heterocycles. The number of aliphatic hydroxyl groups excluding tert-OH is 2. The summed E-state index contributed by atoms with van der Waals surface area (Å²) in [7, 11) is 0. The first-order chi connectivity index (χ1) is 10.4. The van der Waals surface area contributed by atoms with Crippen LogP contribution in [0.15, 0.2) is 23.5 Å². The number of hydrogen-bond donors (Lipinski definition) is 2. The molecule has 0 bridgehead atoms. The fourth-order valence-corrected chi connectivity index (χ4v) is 3.76. The molecule has 0 amide bonds. The lowest BCUT2D eigenvalue weighted by Crippen LogP contribution is -2.50. The van der Waals surface area contributed by atoms with Crippen molar-refractivity contribution >= 4 is 17.3 Å². The molecule has 0 aromatic carbocycles. The van der Waals surface area contributed by atoms with Crippen LogP contribution in [-0.2, 0) is 14.4 Å². The Morgan fingerprint density at radius 2 is 1.91 bits per heavy atom. The second-order valence-corrected chi connectivity index (χ2v) is 6.26. The van der Waals surface area contributed by atoms with Crippen molar-refractivity contribution in [2.45, 2.75) is 52.1 Å². The topological polar surface area (TPSA) is 91.7 Å². The van der Waals surface area contributed by atoms with Gasteiger partial charge in [0, 0.05) is 5.41 Å². The van der Waals surface area contributed by atoms with Gasteiger partial charge in [-0.15, -0.1) is 0 Å². The minimum Gasteiger partial charge on any atom is -0.504 e. The van der Waals surface area contributed by atoms with E-state index in [1.54, 1.807) is 0 Å². The number of fused-ring (bicyclic) bond motifs is 1. The van der Waals surface area contributed by atoms with Crippen molar-refractivity contribution in [2.24, 2.45) is 11.3 Å². The monoisotopic (exact) mass is 306 g/mol. The SMILES string of the molecule is CCCC1=CC(=O)C(O)C2C(=O)C(=O)C(O)=CC2(CCC)C1. The molecule has 2 aliphatic carbocycles. The predicted molar refractivity (Wildman–Crippen MR) is 80.2 cm³/mol. The van der Waals surface area contributed by atoms with Gasteiger partial charge in [0.15, 0.2) is 11.5 Å². The molecule has 0 saturated carbocycles. The van der Waals surface area contributed by atoms with E-state index in [9.17, 15) is 24.6 Å². The van der Waals surface area contributed by atoms with Crippen molar-refractivity contribution in [3.63, 3.8) is 0 Å². The van der Waals surface area contributed by atoms with Crippen molar-refractivity contribution < 1.29 is 24.6 Å². The van der Waals surface area contributed by atoms with E-state index in [2.05, 4.69) is 0 Å². The van der Waals surface area contributed by atoms with Crippen molar-refractivity contribution in [2.75, 3.05) is 0 Å². The summed E-state index contributed by atoms with van der Waals surface area (Å²) in [5.74, 6) is -4.06. The molecule has 0 aliphatic heterocycles. The number of carbonyl (C=O) groups excluding carboxylic acids is 3. The van der Waals surface area contributed by atoms with Crippen LogP contribution in [0.1, 0.15) is 46.0 Å². The fourth-order valence-electron chi connectivity index (χ4n) is 3.76. The standard InChI is InChI=1S/C17H22O5/c1-3-5-10-7-11(18)14(20)13-16(22)15(21)12(19)9-17(13,8-10)6-4-2/h7,9,13-14,19-20H,3-6,8H2,1-2H3. The van der Waals surface area contributed by atoms with Gasteiger partial charge in [0.25, 0.3) is 5.78 Å². The summed E-state index contributed by atoms with van der Waals surface area (Å²) in [4.78, 5) is 36.3. The summed E-state index contributed by atoms with van der Waals surface area (Å²) in [6.07, 6.45) is 4.45. The molecule has 0 aromatic rings. The Hall–Kier alpha value is -1.75. The van der Waals surface area contributed by atoms with Gasteiger partial charge in [-0.25, -0.2) is 0 Å². The smallest absolute Gasteiger partial charge is 0.262 e. The zero-order chi connectivity index (χ0) is 16.5. The van der Waals surface area contributed by atoms with E-state index in [0.29, 0.717) is 25.7 Å². The highest BCUT2D eigenvalue weighted by atomic mass is 16.3. The third-order valence-electron chi connectivity index (χ3n) is 4.58. The fraction of sp³-hybridized carbons (Fsp3) is 0.588. The van der Waals surface area contributed by atoms with E-state index >= 15 is 0 Å². The molecule has 2 aliphatic rings. The van der Waals surface area contributed by atoms with E-state index in [4.69, 9.17) is 0 Å². The second-order valence-electron chi connectivity index (χ2n) is 6.26. The third-order valence-corrected chi connectivity index (χ3v) is 4.58. The first-order valence-electron chi connectivity index (χ1n) is 7.78. The summed E-state index contributed by atoms with van der Waals surface area (Å²) in [6.45, 7) is 3.92. The van der Waals surface area contributed by atoms with Crippen LogP contribution in [0.2, 0.25) is 0 Å². The van der Waals surface area contributed by atoms with Crippen LogP contribution in [0.3, 0.4) is 0 Å². The molecule has 0 fully saturated rings. The van der Waals surface area contributed by atoms with Gasteiger partial charge in [-0.05, 0) is 31.4 Å². The second kappa shape index (κ2) is 6.16. The largest absolute Gasteiger partial charge is 0.504 e. The lowest BCUT2D eigenvalue weighted by Gasteiger charge is -2.40. The number of ketones is 3. The van der Waals surface area contributed by atoms with Gasteiger partial charge in [0.05, 0.1) is 5.92 Å². The number of aliphatic hydroxyl groups is 2. The highest BCUT2D eigenvalue weighted by molar-refractivity contribution is 6.45. The first kappa shape index (κ1) is 16.6.